The first-order valence-corrected chi connectivity index (χ1v) is 9.98. The number of amides is 1. The molecule has 1 aromatic heterocycles. The van der Waals surface area contributed by atoms with Crippen molar-refractivity contribution < 1.29 is 9.53 Å². The minimum atomic E-state index is -0.0840. The van der Waals surface area contributed by atoms with E-state index >= 15 is 0 Å². The maximum absolute atomic E-state index is 13.2. The fourth-order valence-corrected chi connectivity index (χ4v) is 3.93. The van der Waals surface area contributed by atoms with Gasteiger partial charge in [-0.05, 0) is 37.5 Å². The Hall–Kier alpha value is -2.53. The molecule has 0 spiro atoms. The molecule has 2 aromatic rings. The maximum atomic E-state index is 13.2. The van der Waals surface area contributed by atoms with Crippen molar-refractivity contribution in [1.82, 2.24) is 4.57 Å². The Labute approximate surface area is 168 Å². The summed E-state index contributed by atoms with van der Waals surface area (Å²) in [5, 5.41) is 3.07. The molecule has 5 nitrogen and oxygen atoms in total. The Balaban J connectivity index is 1.92. The molecule has 5 heteroatoms. The van der Waals surface area contributed by atoms with Crippen molar-refractivity contribution in [3.63, 3.8) is 0 Å². The van der Waals surface area contributed by atoms with Gasteiger partial charge in [0.1, 0.15) is 5.69 Å². The van der Waals surface area contributed by atoms with E-state index in [0.29, 0.717) is 18.2 Å². The van der Waals surface area contributed by atoms with Gasteiger partial charge in [-0.1, -0.05) is 32.1 Å². The number of carbonyl (C=O) groups excluding carboxylic acids is 1. The molecular formula is C23H31N3O2. The SMILES string of the molecule is C=CCn1c(C)c(N2CCOCC2)c(C)c1C(=O)Nc1ccc(C(C)C)cc1. The van der Waals surface area contributed by atoms with E-state index in [-0.39, 0.29) is 5.91 Å². The van der Waals surface area contributed by atoms with E-state index in [4.69, 9.17) is 4.74 Å². The summed E-state index contributed by atoms with van der Waals surface area (Å²) in [7, 11) is 0. The number of allylic oxidation sites excluding steroid dienone is 1. The van der Waals surface area contributed by atoms with Crippen molar-refractivity contribution in [2.45, 2.75) is 40.2 Å². The zero-order valence-corrected chi connectivity index (χ0v) is 17.4. The summed E-state index contributed by atoms with van der Waals surface area (Å²) in [5.74, 6) is 0.384. The molecule has 1 N–H and O–H groups in total. The largest absolute Gasteiger partial charge is 0.378 e. The van der Waals surface area contributed by atoms with E-state index in [1.807, 2.05) is 25.1 Å². The molecule has 2 heterocycles. The van der Waals surface area contributed by atoms with Gasteiger partial charge in [-0.15, -0.1) is 6.58 Å². The number of hydrogen-bond acceptors (Lipinski definition) is 3. The van der Waals surface area contributed by atoms with Gasteiger partial charge in [-0.3, -0.25) is 4.79 Å². The number of rotatable bonds is 6. The minimum Gasteiger partial charge on any atom is -0.378 e. The van der Waals surface area contributed by atoms with Gasteiger partial charge in [0.05, 0.1) is 18.9 Å². The van der Waals surface area contributed by atoms with Gasteiger partial charge in [-0.25, -0.2) is 0 Å². The lowest BCUT2D eigenvalue weighted by Gasteiger charge is -2.29. The molecule has 1 aliphatic heterocycles. The maximum Gasteiger partial charge on any atom is 0.272 e. The first kappa shape index (κ1) is 20.2. The lowest BCUT2D eigenvalue weighted by Crippen LogP contribution is -2.36. The summed E-state index contributed by atoms with van der Waals surface area (Å²) >= 11 is 0. The predicted octanol–water partition coefficient (Wildman–Crippen LogP) is 4.50. The number of nitrogens with zero attached hydrogens (tertiary/aromatic N) is 2. The highest BCUT2D eigenvalue weighted by atomic mass is 16.5. The number of morpholine rings is 1. The van der Waals surface area contributed by atoms with Gasteiger partial charge < -0.3 is 19.5 Å². The van der Waals surface area contributed by atoms with Crippen molar-refractivity contribution >= 4 is 17.3 Å². The molecule has 1 aliphatic rings. The smallest absolute Gasteiger partial charge is 0.272 e. The highest BCUT2D eigenvalue weighted by Crippen LogP contribution is 2.32. The fraction of sp³-hybridized carbons (Fsp3) is 0.435. The van der Waals surface area contributed by atoms with Gasteiger partial charge in [0.15, 0.2) is 0 Å². The molecular weight excluding hydrogens is 350 g/mol. The highest BCUT2D eigenvalue weighted by Gasteiger charge is 2.26. The van der Waals surface area contributed by atoms with Crippen LogP contribution in [0.5, 0.6) is 0 Å². The quantitative estimate of drug-likeness (QED) is 0.749. The Morgan fingerprint density at radius 3 is 2.43 bits per heavy atom. The Morgan fingerprint density at radius 2 is 1.86 bits per heavy atom. The number of nitrogens with one attached hydrogen (secondary N) is 1. The predicted molar refractivity (Wildman–Crippen MR) is 116 cm³/mol. The summed E-state index contributed by atoms with van der Waals surface area (Å²) in [6, 6.07) is 8.08. The molecule has 1 saturated heterocycles. The standard InChI is InChI=1S/C23H31N3O2/c1-6-11-26-18(5)21(25-12-14-28-15-13-25)17(4)22(26)23(27)24-20-9-7-19(8-10-20)16(2)3/h6-10,16H,1,11-15H2,2-5H3,(H,24,27). The molecule has 1 aromatic carbocycles. The normalized spacial score (nSPS) is 14.4. The first-order chi connectivity index (χ1) is 13.4. The number of anilines is 2. The van der Waals surface area contributed by atoms with E-state index < -0.39 is 0 Å². The lowest BCUT2D eigenvalue weighted by atomic mass is 10.0. The molecule has 0 unspecified atom stereocenters. The highest BCUT2D eigenvalue weighted by molar-refractivity contribution is 6.05. The van der Waals surface area contributed by atoms with Crippen LogP contribution >= 0.6 is 0 Å². The second-order valence-corrected chi connectivity index (χ2v) is 7.64. The van der Waals surface area contributed by atoms with Gasteiger partial charge in [0.2, 0.25) is 0 Å². The summed E-state index contributed by atoms with van der Waals surface area (Å²) in [6.45, 7) is 16.0. The molecule has 0 bridgehead atoms. The van der Waals surface area contributed by atoms with Crippen molar-refractivity contribution in [2.75, 3.05) is 36.5 Å². The van der Waals surface area contributed by atoms with Crippen LogP contribution in [0.4, 0.5) is 11.4 Å². The van der Waals surface area contributed by atoms with E-state index in [9.17, 15) is 4.79 Å². The van der Waals surface area contributed by atoms with Crippen LogP contribution in [0.1, 0.15) is 47.1 Å². The molecule has 3 rings (SSSR count). The van der Waals surface area contributed by atoms with Gasteiger partial charge in [-0.2, -0.15) is 0 Å². The summed E-state index contributed by atoms with van der Waals surface area (Å²) in [4.78, 5) is 15.5. The molecule has 0 saturated carbocycles. The van der Waals surface area contributed by atoms with Crippen LogP contribution in [-0.4, -0.2) is 36.8 Å². The third-order valence-electron chi connectivity index (χ3n) is 5.42. The van der Waals surface area contributed by atoms with Crippen molar-refractivity contribution in [2.24, 2.45) is 0 Å². The molecule has 0 radical (unpaired) electrons. The van der Waals surface area contributed by atoms with Crippen molar-refractivity contribution in [1.29, 1.82) is 0 Å². The van der Waals surface area contributed by atoms with Gasteiger partial charge in [0, 0.05) is 36.6 Å². The van der Waals surface area contributed by atoms with Crippen LogP contribution in [0.3, 0.4) is 0 Å². The fourth-order valence-electron chi connectivity index (χ4n) is 3.93. The van der Waals surface area contributed by atoms with Crippen LogP contribution in [0.15, 0.2) is 36.9 Å². The Morgan fingerprint density at radius 1 is 1.21 bits per heavy atom. The van der Waals surface area contributed by atoms with Crippen LogP contribution in [-0.2, 0) is 11.3 Å². The third-order valence-corrected chi connectivity index (χ3v) is 5.42. The number of benzene rings is 1. The first-order valence-electron chi connectivity index (χ1n) is 9.98. The molecule has 0 atom stereocenters. The summed E-state index contributed by atoms with van der Waals surface area (Å²) < 4.78 is 7.55. The van der Waals surface area contributed by atoms with Crippen molar-refractivity contribution in [3.05, 3.63) is 59.4 Å². The van der Waals surface area contributed by atoms with Crippen LogP contribution in [0, 0.1) is 13.8 Å². The molecule has 1 amide bonds. The summed E-state index contributed by atoms with van der Waals surface area (Å²) in [5.41, 5.74) is 6.02. The number of hydrogen-bond donors (Lipinski definition) is 1. The molecule has 28 heavy (non-hydrogen) atoms. The molecule has 150 valence electrons. The average molecular weight is 382 g/mol. The number of carbonyl (C=O) groups is 1. The molecule has 1 fully saturated rings. The van der Waals surface area contributed by atoms with E-state index in [0.717, 1.165) is 48.9 Å². The summed E-state index contributed by atoms with van der Waals surface area (Å²) in [6.07, 6.45) is 1.84. The topological polar surface area (TPSA) is 46.5 Å². The second kappa shape index (κ2) is 8.65. The average Bonchev–Trinajstić information content (AvgIpc) is 2.93. The van der Waals surface area contributed by atoms with E-state index in [2.05, 4.69) is 54.3 Å². The third kappa shape index (κ3) is 3.99. The lowest BCUT2D eigenvalue weighted by molar-refractivity contribution is 0.101. The van der Waals surface area contributed by atoms with E-state index in [1.54, 1.807) is 0 Å². The monoisotopic (exact) mass is 381 g/mol. The van der Waals surface area contributed by atoms with E-state index in [1.165, 1.54) is 5.56 Å². The van der Waals surface area contributed by atoms with Gasteiger partial charge in [0.25, 0.3) is 5.91 Å². The van der Waals surface area contributed by atoms with Gasteiger partial charge >= 0.3 is 0 Å². The number of ether oxygens (including phenoxy) is 1. The number of aromatic nitrogens is 1. The molecule has 0 aliphatic carbocycles. The Kier molecular flexibility index (Phi) is 6.25. The zero-order valence-electron chi connectivity index (χ0n) is 17.4. The van der Waals surface area contributed by atoms with Crippen molar-refractivity contribution in [3.8, 4) is 0 Å². The Bertz CT molecular complexity index is 844. The van der Waals surface area contributed by atoms with Crippen LogP contribution < -0.4 is 10.2 Å². The van der Waals surface area contributed by atoms with Crippen LogP contribution in [0.25, 0.3) is 0 Å². The minimum absolute atomic E-state index is 0.0840. The zero-order chi connectivity index (χ0) is 20.3. The second-order valence-electron chi connectivity index (χ2n) is 7.64. The van der Waals surface area contributed by atoms with Crippen LogP contribution in [0.2, 0.25) is 0 Å².